The van der Waals surface area contributed by atoms with Crippen LogP contribution >= 0.6 is 0 Å². The lowest BCUT2D eigenvalue weighted by atomic mass is 10.3. The summed E-state index contributed by atoms with van der Waals surface area (Å²) in [6.07, 6.45) is 4.49. The normalized spacial score (nSPS) is 17.4. The molecule has 0 aliphatic heterocycles. The summed E-state index contributed by atoms with van der Waals surface area (Å²) in [5.74, 6) is 0.835. The third kappa shape index (κ3) is 3.96. The predicted molar refractivity (Wildman–Crippen MR) is 81.7 cm³/mol. The van der Waals surface area contributed by atoms with Crippen LogP contribution in [0.5, 0.6) is 0 Å². The second-order valence-corrected chi connectivity index (χ2v) is 5.50. The summed E-state index contributed by atoms with van der Waals surface area (Å²) in [5.41, 5.74) is 1.14. The van der Waals surface area contributed by atoms with E-state index < -0.39 is 0 Å². The first-order valence-corrected chi connectivity index (χ1v) is 7.25. The van der Waals surface area contributed by atoms with Gasteiger partial charge in [-0.3, -0.25) is 14.6 Å². The van der Waals surface area contributed by atoms with E-state index in [1.807, 2.05) is 17.8 Å². The van der Waals surface area contributed by atoms with Gasteiger partial charge in [-0.2, -0.15) is 5.10 Å². The highest BCUT2D eigenvalue weighted by Crippen LogP contribution is 2.26. The van der Waals surface area contributed by atoms with Crippen molar-refractivity contribution in [2.45, 2.75) is 38.4 Å². The molecule has 1 unspecified atom stereocenters. The highest BCUT2D eigenvalue weighted by molar-refractivity contribution is 5.79. The summed E-state index contributed by atoms with van der Waals surface area (Å²) in [4.78, 5) is 6.70. The van der Waals surface area contributed by atoms with Crippen molar-refractivity contribution in [1.82, 2.24) is 25.3 Å². The number of aromatic nitrogens is 2. The Morgan fingerprint density at radius 2 is 2.30 bits per heavy atom. The predicted octanol–water partition coefficient (Wildman–Crippen LogP) is 0.568. The smallest absolute Gasteiger partial charge is 0.191 e. The monoisotopic (exact) mass is 278 g/mol. The van der Waals surface area contributed by atoms with Crippen LogP contribution in [-0.2, 0) is 13.6 Å². The van der Waals surface area contributed by atoms with Gasteiger partial charge in [0, 0.05) is 38.9 Å². The van der Waals surface area contributed by atoms with E-state index in [1.165, 1.54) is 12.8 Å². The summed E-state index contributed by atoms with van der Waals surface area (Å²) >= 11 is 0. The Bertz CT molecular complexity index is 448. The molecule has 0 aromatic carbocycles. The SMILES string of the molecule is CN=C(NCc1ccnn1C)NCC(C)N(C)C1CC1. The van der Waals surface area contributed by atoms with Gasteiger partial charge in [-0.05, 0) is 32.9 Å². The molecule has 1 fully saturated rings. The summed E-state index contributed by atoms with van der Waals surface area (Å²) in [6, 6.07) is 3.30. The molecule has 0 spiro atoms. The fourth-order valence-electron chi connectivity index (χ4n) is 2.20. The van der Waals surface area contributed by atoms with Crippen LogP contribution in [0.4, 0.5) is 0 Å². The topological polar surface area (TPSA) is 57.5 Å². The molecule has 2 rings (SSSR count). The maximum absolute atomic E-state index is 4.26. The van der Waals surface area contributed by atoms with Crippen molar-refractivity contribution >= 4 is 5.96 Å². The molecular weight excluding hydrogens is 252 g/mol. The lowest BCUT2D eigenvalue weighted by Gasteiger charge is -2.25. The minimum Gasteiger partial charge on any atom is -0.355 e. The van der Waals surface area contributed by atoms with E-state index >= 15 is 0 Å². The number of hydrogen-bond donors (Lipinski definition) is 2. The third-order valence-electron chi connectivity index (χ3n) is 3.97. The molecule has 0 bridgehead atoms. The molecular formula is C14H26N6. The zero-order valence-corrected chi connectivity index (χ0v) is 12.9. The van der Waals surface area contributed by atoms with Crippen molar-refractivity contribution in [3.63, 3.8) is 0 Å². The third-order valence-corrected chi connectivity index (χ3v) is 3.97. The van der Waals surface area contributed by atoms with Crippen molar-refractivity contribution in [2.24, 2.45) is 12.0 Å². The molecule has 1 aliphatic carbocycles. The fourth-order valence-corrected chi connectivity index (χ4v) is 2.20. The number of aryl methyl sites for hydroxylation is 1. The van der Waals surface area contributed by atoms with E-state index in [4.69, 9.17) is 0 Å². The van der Waals surface area contributed by atoms with Crippen molar-refractivity contribution in [3.05, 3.63) is 18.0 Å². The molecule has 1 aromatic rings. The number of aliphatic imine (C=N–C) groups is 1. The molecule has 0 saturated heterocycles. The van der Waals surface area contributed by atoms with Crippen molar-refractivity contribution < 1.29 is 0 Å². The molecule has 0 amide bonds. The average molecular weight is 278 g/mol. The van der Waals surface area contributed by atoms with Gasteiger partial charge in [0.15, 0.2) is 5.96 Å². The van der Waals surface area contributed by atoms with Crippen LogP contribution in [-0.4, -0.2) is 53.4 Å². The Morgan fingerprint density at radius 1 is 1.55 bits per heavy atom. The van der Waals surface area contributed by atoms with Gasteiger partial charge in [0.1, 0.15) is 0 Å². The van der Waals surface area contributed by atoms with Crippen LogP contribution in [0, 0.1) is 0 Å². The Kier molecular flexibility index (Phi) is 5.00. The van der Waals surface area contributed by atoms with Crippen LogP contribution in [0.25, 0.3) is 0 Å². The number of hydrogen-bond acceptors (Lipinski definition) is 3. The van der Waals surface area contributed by atoms with E-state index in [2.05, 4.69) is 39.6 Å². The first-order chi connectivity index (χ1) is 9.61. The van der Waals surface area contributed by atoms with Crippen LogP contribution in [0.1, 0.15) is 25.5 Å². The molecule has 6 heteroatoms. The van der Waals surface area contributed by atoms with Gasteiger partial charge in [0.2, 0.25) is 0 Å². The molecule has 20 heavy (non-hydrogen) atoms. The Labute approximate surface area is 121 Å². The lowest BCUT2D eigenvalue weighted by Crippen LogP contribution is -2.45. The highest BCUT2D eigenvalue weighted by atomic mass is 15.3. The molecule has 1 aliphatic rings. The maximum Gasteiger partial charge on any atom is 0.191 e. The molecule has 1 atom stereocenters. The van der Waals surface area contributed by atoms with Crippen LogP contribution in [0.3, 0.4) is 0 Å². The number of guanidine groups is 1. The summed E-state index contributed by atoms with van der Waals surface area (Å²) in [5, 5.41) is 10.8. The van der Waals surface area contributed by atoms with Crippen LogP contribution < -0.4 is 10.6 Å². The van der Waals surface area contributed by atoms with Crippen molar-refractivity contribution in [2.75, 3.05) is 20.6 Å². The zero-order valence-electron chi connectivity index (χ0n) is 12.9. The van der Waals surface area contributed by atoms with E-state index in [9.17, 15) is 0 Å². The minimum atomic E-state index is 0.512. The lowest BCUT2D eigenvalue weighted by molar-refractivity contribution is 0.247. The molecule has 2 N–H and O–H groups in total. The molecule has 1 saturated carbocycles. The van der Waals surface area contributed by atoms with Gasteiger partial charge in [-0.1, -0.05) is 0 Å². The minimum absolute atomic E-state index is 0.512. The first kappa shape index (κ1) is 14.8. The van der Waals surface area contributed by atoms with E-state index in [1.54, 1.807) is 13.2 Å². The van der Waals surface area contributed by atoms with Crippen LogP contribution in [0.2, 0.25) is 0 Å². The van der Waals surface area contributed by atoms with Gasteiger partial charge in [-0.15, -0.1) is 0 Å². The number of likely N-dealkylation sites (N-methyl/N-ethyl adjacent to an activating group) is 1. The number of rotatable bonds is 6. The summed E-state index contributed by atoms with van der Waals surface area (Å²) in [6.45, 7) is 3.88. The summed E-state index contributed by atoms with van der Waals surface area (Å²) in [7, 11) is 5.95. The maximum atomic E-state index is 4.26. The van der Waals surface area contributed by atoms with Gasteiger partial charge in [-0.25, -0.2) is 0 Å². The molecule has 1 heterocycles. The fraction of sp³-hybridized carbons (Fsp3) is 0.714. The second-order valence-electron chi connectivity index (χ2n) is 5.50. The van der Waals surface area contributed by atoms with Gasteiger partial charge < -0.3 is 10.6 Å². The zero-order chi connectivity index (χ0) is 14.5. The van der Waals surface area contributed by atoms with Crippen LogP contribution in [0.15, 0.2) is 17.3 Å². The average Bonchev–Trinajstić information content (AvgIpc) is 3.22. The van der Waals surface area contributed by atoms with Gasteiger partial charge in [0.05, 0.1) is 12.2 Å². The Morgan fingerprint density at radius 3 is 2.85 bits per heavy atom. The molecule has 112 valence electrons. The second kappa shape index (κ2) is 6.74. The largest absolute Gasteiger partial charge is 0.355 e. The first-order valence-electron chi connectivity index (χ1n) is 7.25. The van der Waals surface area contributed by atoms with Gasteiger partial charge >= 0.3 is 0 Å². The van der Waals surface area contributed by atoms with Gasteiger partial charge in [0.25, 0.3) is 0 Å². The number of nitrogens with zero attached hydrogens (tertiary/aromatic N) is 4. The standard InChI is InChI=1S/C14H26N6/c1-11(19(3)12-5-6-12)9-16-14(15-2)17-10-13-7-8-18-20(13)4/h7-8,11-12H,5-6,9-10H2,1-4H3,(H2,15,16,17). The number of nitrogens with one attached hydrogen (secondary N) is 2. The van der Waals surface area contributed by atoms with Crippen molar-refractivity contribution in [3.8, 4) is 0 Å². The van der Waals surface area contributed by atoms with E-state index in [-0.39, 0.29) is 0 Å². The quantitative estimate of drug-likeness (QED) is 0.590. The Hall–Kier alpha value is -1.56. The van der Waals surface area contributed by atoms with E-state index in [0.29, 0.717) is 6.04 Å². The van der Waals surface area contributed by atoms with Crippen molar-refractivity contribution in [1.29, 1.82) is 0 Å². The molecule has 1 aromatic heterocycles. The summed E-state index contributed by atoms with van der Waals surface area (Å²) < 4.78 is 1.86. The Balaban J connectivity index is 1.73. The van der Waals surface area contributed by atoms with E-state index in [0.717, 1.165) is 30.8 Å². The molecule has 0 radical (unpaired) electrons. The highest BCUT2D eigenvalue weighted by Gasteiger charge is 2.28. The molecule has 6 nitrogen and oxygen atoms in total.